The fraction of sp³-hybridized carbons (Fsp3) is 0.167. The third-order valence-electron chi connectivity index (χ3n) is 1.32. The van der Waals surface area contributed by atoms with Crippen LogP contribution in [0.25, 0.3) is 0 Å². The van der Waals surface area contributed by atoms with Gasteiger partial charge in [-0.1, -0.05) is 11.6 Å². The van der Waals surface area contributed by atoms with E-state index in [2.05, 4.69) is 9.72 Å². The zero-order valence-corrected chi connectivity index (χ0v) is 9.75. The largest absolute Gasteiger partial charge is 0.574 e. The monoisotopic (exact) mass is 313 g/mol. The van der Waals surface area contributed by atoms with Crippen LogP contribution in [0.4, 0.5) is 17.6 Å². The predicted octanol–water partition coefficient (Wildman–Crippen LogP) is 2.70. The van der Waals surface area contributed by atoms with Gasteiger partial charge in [-0.15, -0.1) is 13.2 Å². The van der Waals surface area contributed by atoms with Gasteiger partial charge in [0.25, 0.3) is 9.05 Å². The van der Waals surface area contributed by atoms with Crippen LogP contribution in [0, 0.1) is 5.95 Å². The summed E-state index contributed by atoms with van der Waals surface area (Å²) < 4.78 is 73.5. The van der Waals surface area contributed by atoms with Crippen molar-refractivity contribution in [3.8, 4) is 5.88 Å². The lowest BCUT2D eigenvalue weighted by molar-refractivity contribution is -0.277. The van der Waals surface area contributed by atoms with E-state index >= 15 is 0 Å². The molecule has 0 N–H and O–H groups in total. The molecule has 0 radical (unpaired) electrons. The van der Waals surface area contributed by atoms with E-state index in [1.54, 1.807) is 0 Å². The van der Waals surface area contributed by atoms with Crippen LogP contribution in [0.2, 0.25) is 5.02 Å². The SMILES string of the molecule is O=S(=O)(Cl)c1c(Cl)cc(F)nc1OC(F)(F)F. The van der Waals surface area contributed by atoms with Gasteiger partial charge in [-0.05, 0) is 0 Å². The third kappa shape index (κ3) is 3.86. The van der Waals surface area contributed by atoms with Crippen LogP contribution in [-0.2, 0) is 9.05 Å². The Bertz CT molecular complexity index is 545. The Morgan fingerprint density at radius 2 is 1.88 bits per heavy atom. The molecule has 0 bridgehead atoms. The molecule has 0 fully saturated rings. The van der Waals surface area contributed by atoms with Gasteiger partial charge in [0.05, 0.1) is 5.02 Å². The molecule has 0 aliphatic heterocycles. The summed E-state index contributed by atoms with van der Waals surface area (Å²) in [5.41, 5.74) is 0. The molecule has 0 spiro atoms. The zero-order valence-electron chi connectivity index (χ0n) is 7.43. The van der Waals surface area contributed by atoms with Crippen molar-refractivity contribution in [1.82, 2.24) is 4.98 Å². The normalized spacial score (nSPS) is 12.6. The first-order valence-electron chi connectivity index (χ1n) is 3.57. The number of rotatable bonds is 2. The Kier molecular flexibility index (Phi) is 3.75. The first kappa shape index (κ1) is 14.3. The minimum absolute atomic E-state index is 0.389. The fourth-order valence-electron chi connectivity index (χ4n) is 0.852. The molecule has 0 saturated heterocycles. The molecule has 0 unspecified atom stereocenters. The second-order valence-electron chi connectivity index (χ2n) is 2.55. The minimum atomic E-state index is -5.26. The van der Waals surface area contributed by atoms with E-state index in [4.69, 9.17) is 22.3 Å². The molecule has 96 valence electrons. The van der Waals surface area contributed by atoms with Crippen molar-refractivity contribution in [1.29, 1.82) is 0 Å². The molecule has 0 aliphatic rings. The molecule has 1 aromatic rings. The maximum atomic E-state index is 12.7. The van der Waals surface area contributed by atoms with Crippen molar-refractivity contribution in [2.24, 2.45) is 0 Å². The van der Waals surface area contributed by atoms with Gasteiger partial charge in [0.2, 0.25) is 11.8 Å². The molecule has 1 aromatic heterocycles. The van der Waals surface area contributed by atoms with Crippen LogP contribution in [0.5, 0.6) is 5.88 Å². The van der Waals surface area contributed by atoms with E-state index in [9.17, 15) is 26.0 Å². The Balaban J connectivity index is 3.47. The summed E-state index contributed by atoms with van der Waals surface area (Å²) in [6, 6.07) is 0.389. The van der Waals surface area contributed by atoms with Gasteiger partial charge in [0, 0.05) is 16.7 Å². The number of alkyl halides is 3. The highest BCUT2D eigenvalue weighted by Gasteiger charge is 2.36. The Labute approximate surface area is 102 Å². The Morgan fingerprint density at radius 1 is 1.35 bits per heavy atom. The van der Waals surface area contributed by atoms with Gasteiger partial charge in [-0.3, -0.25) is 0 Å². The molecule has 0 saturated carbocycles. The van der Waals surface area contributed by atoms with Crippen molar-refractivity contribution in [3.63, 3.8) is 0 Å². The summed E-state index contributed by atoms with van der Waals surface area (Å²) in [6.45, 7) is 0. The van der Waals surface area contributed by atoms with E-state index in [1.165, 1.54) is 0 Å². The highest BCUT2D eigenvalue weighted by atomic mass is 35.7. The Morgan fingerprint density at radius 3 is 2.29 bits per heavy atom. The number of halogens is 6. The number of aromatic nitrogens is 1. The molecule has 0 aromatic carbocycles. The van der Waals surface area contributed by atoms with Crippen molar-refractivity contribution >= 4 is 31.3 Å². The number of hydrogen-bond acceptors (Lipinski definition) is 4. The van der Waals surface area contributed by atoms with E-state index in [0.29, 0.717) is 6.07 Å². The lowest BCUT2D eigenvalue weighted by atomic mass is 10.5. The third-order valence-corrected chi connectivity index (χ3v) is 3.08. The molecule has 17 heavy (non-hydrogen) atoms. The number of hydrogen-bond donors (Lipinski definition) is 0. The zero-order chi connectivity index (χ0) is 13.4. The second-order valence-corrected chi connectivity index (χ2v) is 5.46. The highest BCUT2D eigenvalue weighted by molar-refractivity contribution is 8.13. The topological polar surface area (TPSA) is 56.3 Å². The van der Waals surface area contributed by atoms with Crippen molar-refractivity contribution in [2.45, 2.75) is 11.3 Å². The van der Waals surface area contributed by atoms with Gasteiger partial charge >= 0.3 is 6.36 Å². The van der Waals surface area contributed by atoms with E-state index < -0.39 is 37.2 Å². The average molecular weight is 314 g/mol. The second kappa shape index (κ2) is 4.46. The molecule has 0 aliphatic carbocycles. The molecular weight excluding hydrogens is 313 g/mol. The molecule has 1 heterocycles. The number of ether oxygens (including phenoxy) is 1. The lowest BCUT2D eigenvalue weighted by Crippen LogP contribution is -2.20. The molecule has 1 rings (SSSR count). The highest BCUT2D eigenvalue weighted by Crippen LogP contribution is 2.35. The summed E-state index contributed by atoms with van der Waals surface area (Å²) in [5, 5.41) is -0.869. The molecule has 4 nitrogen and oxygen atoms in total. The van der Waals surface area contributed by atoms with Crippen molar-refractivity contribution in [2.75, 3.05) is 0 Å². The number of nitrogens with zero attached hydrogens (tertiary/aromatic N) is 1. The van der Waals surface area contributed by atoms with E-state index in [-0.39, 0.29) is 0 Å². The van der Waals surface area contributed by atoms with Crippen LogP contribution >= 0.6 is 22.3 Å². The summed E-state index contributed by atoms with van der Waals surface area (Å²) >= 11 is 5.26. The minimum Gasteiger partial charge on any atom is -0.386 e. The smallest absolute Gasteiger partial charge is 0.386 e. The van der Waals surface area contributed by atoms with Gasteiger partial charge in [0.15, 0.2) is 4.90 Å². The first-order chi connectivity index (χ1) is 7.50. The van der Waals surface area contributed by atoms with E-state index in [0.717, 1.165) is 0 Å². The Hall–Kier alpha value is -0.800. The van der Waals surface area contributed by atoms with Crippen LogP contribution in [0.15, 0.2) is 11.0 Å². The van der Waals surface area contributed by atoms with E-state index in [1.807, 2.05) is 0 Å². The molecule has 0 amide bonds. The lowest BCUT2D eigenvalue weighted by Gasteiger charge is -2.11. The molecule has 11 heteroatoms. The van der Waals surface area contributed by atoms with Gasteiger partial charge < -0.3 is 4.74 Å². The van der Waals surface area contributed by atoms with Gasteiger partial charge in [0.1, 0.15) is 0 Å². The van der Waals surface area contributed by atoms with Gasteiger partial charge in [-0.25, -0.2) is 8.42 Å². The maximum Gasteiger partial charge on any atom is 0.574 e. The fourth-order valence-corrected chi connectivity index (χ4v) is 2.48. The predicted molar refractivity (Wildman–Crippen MR) is 48.9 cm³/mol. The van der Waals surface area contributed by atoms with Crippen LogP contribution < -0.4 is 4.74 Å². The summed E-state index contributed by atoms with van der Waals surface area (Å²) in [5.74, 6) is -3.02. The van der Waals surface area contributed by atoms with Crippen LogP contribution in [0.3, 0.4) is 0 Å². The number of pyridine rings is 1. The van der Waals surface area contributed by atoms with Crippen molar-refractivity contribution in [3.05, 3.63) is 17.0 Å². The van der Waals surface area contributed by atoms with Crippen molar-refractivity contribution < 1.29 is 30.7 Å². The quantitative estimate of drug-likeness (QED) is 0.478. The summed E-state index contributed by atoms with van der Waals surface area (Å²) in [7, 11) is 0.161. The van der Waals surface area contributed by atoms with Crippen LogP contribution in [0.1, 0.15) is 0 Å². The molecular formula is C6HCl2F4NO3S. The maximum absolute atomic E-state index is 12.7. The molecule has 0 atom stereocenters. The van der Waals surface area contributed by atoms with Crippen LogP contribution in [-0.4, -0.2) is 19.8 Å². The summed E-state index contributed by atoms with van der Waals surface area (Å²) in [4.78, 5) is 1.38. The van der Waals surface area contributed by atoms with Gasteiger partial charge in [-0.2, -0.15) is 9.37 Å². The summed E-state index contributed by atoms with van der Waals surface area (Å²) in [6.07, 6.45) is -5.26. The average Bonchev–Trinajstić information content (AvgIpc) is 1.94. The standard InChI is InChI=1S/C6HCl2F4NO3S/c7-2-1-3(9)13-5(16-6(10,11)12)4(2)17(8,14)15/h1H. The first-order valence-corrected chi connectivity index (χ1v) is 6.26.